The molecule has 96 valence electrons. The summed E-state index contributed by atoms with van der Waals surface area (Å²) in [6, 6.07) is 0. The maximum atomic E-state index is 10.9. The highest BCUT2D eigenvalue weighted by Crippen LogP contribution is 2.14. The highest BCUT2D eigenvalue weighted by molar-refractivity contribution is 8.13. The lowest BCUT2D eigenvalue weighted by atomic mass is 10.4. The van der Waals surface area contributed by atoms with Crippen LogP contribution in [0.15, 0.2) is 0 Å². The van der Waals surface area contributed by atoms with Crippen molar-refractivity contribution in [2.75, 3.05) is 12.4 Å². The molecule has 0 aliphatic rings. The number of rotatable bonds is 7. The summed E-state index contributed by atoms with van der Waals surface area (Å²) in [4.78, 5) is 10.9. The molecular weight excluding hydrogens is 240 g/mol. The van der Waals surface area contributed by atoms with E-state index in [9.17, 15) is 4.79 Å². The molecule has 5 heteroatoms. The van der Waals surface area contributed by atoms with Gasteiger partial charge in [0.2, 0.25) is 0 Å². The molecule has 16 heavy (non-hydrogen) atoms. The monoisotopic (exact) mass is 264 g/mol. The largest absolute Gasteiger partial charge is 0.412 e. The van der Waals surface area contributed by atoms with E-state index in [0.29, 0.717) is 12.4 Å². The van der Waals surface area contributed by atoms with Crippen LogP contribution >= 0.6 is 11.8 Å². The van der Waals surface area contributed by atoms with Crippen LogP contribution in [0.3, 0.4) is 0 Å². The van der Waals surface area contributed by atoms with Gasteiger partial charge in [-0.1, -0.05) is 11.8 Å². The molecule has 0 bridgehead atoms. The third-order valence-electron chi connectivity index (χ3n) is 1.61. The number of ether oxygens (including phenoxy) is 1. The molecule has 0 aromatic carbocycles. The van der Waals surface area contributed by atoms with E-state index in [1.54, 1.807) is 6.92 Å². The van der Waals surface area contributed by atoms with Crippen LogP contribution in [0.4, 0.5) is 0 Å². The van der Waals surface area contributed by atoms with E-state index >= 15 is 0 Å². The van der Waals surface area contributed by atoms with Gasteiger partial charge in [-0.15, -0.1) is 0 Å². The molecule has 0 unspecified atom stereocenters. The van der Waals surface area contributed by atoms with Gasteiger partial charge in [-0.3, -0.25) is 4.79 Å². The first kappa shape index (κ1) is 16.2. The summed E-state index contributed by atoms with van der Waals surface area (Å²) < 4.78 is 11.5. The average Bonchev–Trinajstić information content (AvgIpc) is 2.07. The fraction of sp³-hybridized carbons (Fsp3) is 0.909. The highest BCUT2D eigenvalue weighted by atomic mass is 32.2. The average molecular weight is 264 g/mol. The summed E-state index contributed by atoms with van der Waals surface area (Å²) in [5.74, 6) is 0.687. The van der Waals surface area contributed by atoms with Crippen LogP contribution in [0.2, 0.25) is 19.6 Å². The van der Waals surface area contributed by atoms with Crippen LogP contribution in [0.5, 0.6) is 0 Å². The van der Waals surface area contributed by atoms with Crippen LogP contribution in [0, 0.1) is 0 Å². The fourth-order valence-electron chi connectivity index (χ4n) is 1.13. The Bertz CT molecular complexity index is 214. The predicted octanol–water partition coefficient (Wildman–Crippen LogP) is 2.91. The van der Waals surface area contributed by atoms with Crippen LogP contribution in [-0.4, -0.2) is 38.0 Å². The summed E-state index contributed by atoms with van der Waals surface area (Å²) in [7, 11) is -1.57. The first-order chi connectivity index (χ1) is 7.20. The van der Waals surface area contributed by atoms with Crippen LogP contribution in [-0.2, 0) is 14.0 Å². The normalized spacial score (nSPS) is 14.2. The zero-order valence-electron chi connectivity index (χ0n) is 11.2. The lowest BCUT2D eigenvalue weighted by Crippen LogP contribution is -2.36. The molecule has 0 saturated carbocycles. The molecule has 3 nitrogen and oxygen atoms in total. The highest BCUT2D eigenvalue weighted by Gasteiger charge is 2.22. The van der Waals surface area contributed by atoms with Crippen molar-refractivity contribution in [3.8, 4) is 0 Å². The second kappa shape index (κ2) is 7.48. The van der Waals surface area contributed by atoms with Crippen molar-refractivity contribution < 1.29 is 14.0 Å². The number of thioether (sulfide) groups is 1. The minimum Gasteiger partial charge on any atom is -0.412 e. The molecule has 0 saturated heterocycles. The molecule has 0 spiro atoms. The van der Waals surface area contributed by atoms with Crippen molar-refractivity contribution in [1.29, 1.82) is 0 Å². The number of hydrogen-bond acceptors (Lipinski definition) is 4. The van der Waals surface area contributed by atoms with Gasteiger partial charge in [0.1, 0.15) is 0 Å². The summed E-state index contributed by atoms with van der Waals surface area (Å²) in [5, 5.41) is 0.133. The second-order valence-electron chi connectivity index (χ2n) is 5.04. The molecule has 0 fully saturated rings. The van der Waals surface area contributed by atoms with Crippen molar-refractivity contribution >= 4 is 25.2 Å². The molecule has 0 rings (SSSR count). The smallest absolute Gasteiger partial charge is 0.185 e. The Morgan fingerprint density at radius 1 is 1.31 bits per heavy atom. The number of carbonyl (C=O) groups excluding carboxylic acids is 1. The van der Waals surface area contributed by atoms with Crippen molar-refractivity contribution in [3.05, 3.63) is 0 Å². The zero-order valence-corrected chi connectivity index (χ0v) is 13.0. The van der Waals surface area contributed by atoms with E-state index in [0.717, 1.165) is 0 Å². The molecular formula is C11H24O3SSi. The van der Waals surface area contributed by atoms with Crippen LogP contribution < -0.4 is 0 Å². The lowest BCUT2D eigenvalue weighted by Gasteiger charge is -2.26. The Labute approximate surface area is 104 Å². The van der Waals surface area contributed by atoms with E-state index in [1.807, 2.05) is 13.8 Å². The topological polar surface area (TPSA) is 35.5 Å². The van der Waals surface area contributed by atoms with Crippen molar-refractivity contribution in [2.24, 2.45) is 0 Å². The Hall–Kier alpha value is 0.157. The van der Waals surface area contributed by atoms with Gasteiger partial charge in [0.05, 0.1) is 18.8 Å². The Kier molecular flexibility index (Phi) is 7.55. The Balaban J connectivity index is 4.10. The second-order valence-corrected chi connectivity index (χ2v) is 10.7. The molecule has 0 N–H and O–H groups in total. The van der Waals surface area contributed by atoms with Gasteiger partial charge in [0.15, 0.2) is 13.4 Å². The van der Waals surface area contributed by atoms with E-state index in [1.165, 1.54) is 11.8 Å². The molecule has 0 aromatic rings. The maximum absolute atomic E-state index is 10.9. The minimum absolute atomic E-state index is 0.0305. The van der Waals surface area contributed by atoms with Gasteiger partial charge in [-0.05, 0) is 33.5 Å². The number of carbonyl (C=O) groups is 1. The molecule has 0 amide bonds. The van der Waals surface area contributed by atoms with Gasteiger partial charge in [0.25, 0.3) is 0 Å². The molecule has 1 atom stereocenters. The van der Waals surface area contributed by atoms with E-state index < -0.39 is 8.32 Å². The molecule has 0 aliphatic heterocycles. The van der Waals surface area contributed by atoms with Crippen molar-refractivity contribution in [2.45, 2.75) is 52.6 Å². The van der Waals surface area contributed by atoms with Gasteiger partial charge < -0.3 is 9.16 Å². The van der Waals surface area contributed by atoms with Gasteiger partial charge >= 0.3 is 0 Å². The minimum atomic E-state index is -1.57. The first-order valence-electron chi connectivity index (χ1n) is 5.63. The Morgan fingerprint density at radius 2 is 1.88 bits per heavy atom. The van der Waals surface area contributed by atoms with Crippen molar-refractivity contribution in [3.63, 3.8) is 0 Å². The standard InChI is InChI=1S/C11H24O3SSi/c1-9(2)13-7-11(8-15-10(3)12)14-16(4,5)6/h9,11H,7-8H2,1-6H3/t11-/m1/s1. The molecule has 0 aromatic heterocycles. The van der Waals surface area contributed by atoms with E-state index in [-0.39, 0.29) is 17.3 Å². The quantitative estimate of drug-likeness (QED) is 0.662. The van der Waals surface area contributed by atoms with Crippen LogP contribution in [0.1, 0.15) is 20.8 Å². The molecule has 0 heterocycles. The van der Waals surface area contributed by atoms with Gasteiger partial charge in [-0.25, -0.2) is 0 Å². The van der Waals surface area contributed by atoms with E-state index in [4.69, 9.17) is 9.16 Å². The Morgan fingerprint density at radius 3 is 2.25 bits per heavy atom. The summed E-state index contributed by atoms with van der Waals surface area (Å²) >= 11 is 1.31. The van der Waals surface area contributed by atoms with E-state index in [2.05, 4.69) is 19.6 Å². The van der Waals surface area contributed by atoms with Crippen molar-refractivity contribution in [1.82, 2.24) is 0 Å². The molecule has 0 radical (unpaired) electrons. The summed E-state index contributed by atoms with van der Waals surface area (Å²) in [6.45, 7) is 12.6. The SMILES string of the molecule is CC(=O)SC[C@@H](COC(C)C)O[Si](C)(C)C. The molecule has 0 aliphatic carbocycles. The number of hydrogen-bond donors (Lipinski definition) is 0. The predicted molar refractivity (Wildman–Crippen MR) is 72.4 cm³/mol. The van der Waals surface area contributed by atoms with Crippen LogP contribution in [0.25, 0.3) is 0 Å². The maximum Gasteiger partial charge on any atom is 0.185 e. The third-order valence-corrected chi connectivity index (χ3v) is 3.59. The first-order valence-corrected chi connectivity index (χ1v) is 10.0. The summed E-state index contributed by atoms with van der Waals surface area (Å²) in [5.41, 5.74) is 0. The third kappa shape index (κ3) is 10.7. The summed E-state index contributed by atoms with van der Waals surface area (Å²) in [6.07, 6.45) is 0.234. The zero-order chi connectivity index (χ0) is 12.8. The lowest BCUT2D eigenvalue weighted by molar-refractivity contribution is -0.109. The van der Waals surface area contributed by atoms with Gasteiger partial charge in [0, 0.05) is 12.7 Å². The van der Waals surface area contributed by atoms with Gasteiger partial charge in [-0.2, -0.15) is 0 Å². The fourth-order valence-corrected chi connectivity index (χ4v) is 2.98.